The molecule has 0 saturated heterocycles. The van der Waals surface area contributed by atoms with Crippen LogP contribution < -0.4 is 9.32 Å². The Bertz CT molecular complexity index is 1070. The van der Waals surface area contributed by atoms with Crippen LogP contribution >= 0.6 is 0 Å². The second-order valence-corrected chi connectivity index (χ2v) is 7.34. The molecule has 0 saturated carbocycles. The topological polar surface area (TPSA) is 89.6 Å². The lowest BCUT2D eigenvalue weighted by Crippen LogP contribution is -2.18. The molecule has 3 aromatic rings. The molecule has 0 unspecified atom stereocenters. The van der Waals surface area contributed by atoms with Gasteiger partial charge in [0.25, 0.3) is 0 Å². The zero-order valence-corrected chi connectivity index (χ0v) is 13.8. The van der Waals surface area contributed by atoms with Crippen molar-refractivity contribution in [1.29, 1.82) is 0 Å². The fraction of sp³-hybridized carbons (Fsp3) is 0.222. The Morgan fingerprint density at radius 1 is 1.00 bits per heavy atom. The maximum atomic E-state index is 11.1. The quantitative estimate of drug-likeness (QED) is 0.700. The normalized spacial score (nSPS) is 14.7. The van der Waals surface area contributed by atoms with Gasteiger partial charge in [-0.05, 0) is 71.2 Å². The van der Waals surface area contributed by atoms with Gasteiger partial charge in [-0.25, -0.2) is 0 Å². The number of rotatable bonds is 2. The Balaban J connectivity index is 1.98. The largest absolute Gasteiger partial charge is 0.507 e. The summed E-state index contributed by atoms with van der Waals surface area (Å²) in [5.74, 6) is 0.339. The van der Waals surface area contributed by atoms with Crippen LogP contribution in [0.25, 0.3) is 21.5 Å². The Hall–Kier alpha value is -2.31. The highest BCUT2D eigenvalue weighted by atomic mass is 32.2. The van der Waals surface area contributed by atoms with E-state index in [0.717, 1.165) is 35.4 Å². The molecule has 0 bridgehead atoms. The predicted octanol–water partition coefficient (Wildman–Crippen LogP) is 3.16. The number of phenols is 1. The van der Waals surface area contributed by atoms with E-state index in [1.807, 2.05) is 6.07 Å². The zero-order valence-electron chi connectivity index (χ0n) is 13.0. The number of nitrogens with two attached hydrogens (primary N) is 1. The summed E-state index contributed by atoms with van der Waals surface area (Å²) in [6, 6.07) is 10.8. The summed E-state index contributed by atoms with van der Waals surface area (Å²) in [4.78, 5) is 0. The Kier molecular flexibility index (Phi) is 3.40. The lowest BCUT2D eigenvalue weighted by Gasteiger charge is -2.19. The van der Waals surface area contributed by atoms with Crippen LogP contribution in [-0.4, -0.2) is 13.5 Å². The number of hydrogen-bond donors (Lipinski definition) is 2. The third-order valence-electron chi connectivity index (χ3n) is 4.61. The average molecular weight is 343 g/mol. The molecule has 0 aromatic heterocycles. The first-order chi connectivity index (χ1) is 11.4. The van der Waals surface area contributed by atoms with E-state index in [1.54, 1.807) is 24.3 Å². The first kappa shape index (κ1) is 15.2. The van der Waals surface area contributed by atoms with Gasteiger partial charge in [-0.2, -0.15) is 13.6 Å². The minimum atomic E-state index is -4.07. The van der Waals surface area contributed by atoms with E-state index in [2.05, 4.69) is 6.07 Å². The SMILES string of the molecule is NS(=O)(=O)Oc1ccc2c(c1)cc(O)c1c3c(ccc12)CCCC3. The van der Waals surface area contributed by atoms with Crippen LogP contribution in [0.5, 0.6) is 11.5 Å². The molecule has 6 heteroatoms. The second kappa shape index (κ2) is 5.36. The van der Waals surface area contributed by atoms with Gasteiger partial charge >= 0.3 is 10.3 Å². The average Bonchev–Trinajstić information content (AvgIpc) is 2.52. The Morgan fingerprint density at radius 3 is 2.54 bits per heavy atom. The number of benzene rings is 3. The molecule has 0 aliphatic heterocycles. The summed E-state index contributed by atoms with van der Waals surface area (Å²) in [6.07, 6.45) is 4.33. The summed E-state index contributed by atoms with van der Waals surface area (Å²) < 4.78 is 26.9. The second-order valence-electron chi connectivity index (χ2n) is 6.19. The lowest BCUT2D eigenvalue weighted by atomic mass is 9.86. The van der Waals surface area contributed by atoms with E-state index in [9.17, 15) is 13.5 Å². The van der Waals surface area contributed by atoms with Crippen molar-refractivity contribution in [2.45, 2.75) is 25.7 Å². The van der Waals surface area contributed by atoms with Crippen molar-refractivity contribution < 1.29 is 17.7 Å². The molecule has 124 valence electrons. The van der Waals surface area contributed by atoms with E-state index in [1.165, 1.54) is 17.5 Å². The third kappa shape index (κ3) is 2.57. The van der Waals surface area contributed by atoms with Gasteiger partial charge in [0.05, 0.1) is 0 Å². The summed E-state index contributed by atoms with van der Waals surface area (Å²) in [5.41, 5.74) is 2.53. The smallest absolute Gasteiger partial charge is 0.380 e. The number of aromatic hydroxyl groups is 1. The number of phenolic OH excluding ortho intramolecular Hbond substituents is 1. The highest BCUT2D eigenvalue weighted by molar-refractivity contribution is 7.84. The number of fused-ring (bicyclic) bond motifs is 5. The third-order valence-corrected chi connectivity index (χ3v) is 5.03. The van der Waals surface area contributed by atoms with Gasteiger partial charge < -0.3 is 9.29 Å². The van der Waals surface area contributed by atoms with Crippen LogP contribution in [0.15, 0.2) is 36.4 Å². The molecular formula is C18H17NO4S. The van der Waals surface area contributed by atoms with Crippen LogP contribution in [0.3, 0.4) is 0 Å². The van der Waals surface area contributed by atoms with E-state index in [4.69, 9.17) is 9.32 Å². The van der Waals surface area contributed by atoms with Crippen molar-refractivity contribution in [2.75, 3.05) is 0 Å². The standard InChI is InChI=1S/C18H17NO4S/c19-24(21,22)23-13-6-8-14-12(9-13)10-17(20)18-15-4-2-1-3-11(15)5-7-16(14)18/h5-10,20H,1-4H2,(H2,19,21,22). The van der Waals surface area contributed by atoms with Crippen LogP contribution in [0.1, 0.15) is 24.0 Å². The van der Waals surface area contributed by atoms with Crippen LogP contribution in [0.2, 0.25) is 0 Å². The maximum absolute atomic E-state index is 11.1. The van der Waals surface area contributed by atoms with Gasteiger partial charge in [-0.1, -0.05) is 18.2 Å². The van der Waals surface area contributed by atoms with Gasteiger partial charge in [0, 0.05) is 5.39 Å². The molecule has 5 nitrogen and oxygen atoms in total. The first-order valence-electron chi connectivity index (χ1n) is 7.85. The van der Waals surface area contributed by atoms with Crippen molar-refractivity contribution >= 4 is 31.8 Å². The molecule has 0 spiro atoms. The molecule has 0 radical (unpaired) electrons. The minimum absolute atomic E-state index is 0.127. The summed E-state index contributed by atoms with van der Waals surface area (Å²) in [6.45, 7) is 0. The predicted molar refractivity (Wildman–Crippen MR) is 93.5 cm³/mol. The van der Waals surface area contributed by atoms with Crippen molar-refractivity contribution in [3.63, 3.8) is 0 Å². The fourth-order valence-electron chi connectivity index (χ4n) is 3.66. The van der Waals surface area contributed by atoms with E-state index >= 15 is 0 Å². The zero-order chi connectivity index (χ0) is 16.9. The molecule has 1 aliphatic carbocycles. The van der Waals surface area contributed by atoms with Crippen LogP contribution in [0.4, 0.5) is 0 Å². The number of hydrogen-bond acceptors (Lipinski definition) is 4. The van der Waals surface area contributed by atoms with Gasteiger partial charge in [0.1, 0.15) is 11.5 Å². The van der Waals surface area contributed by atoms with E-state index in [0.29, 0.717) is 5.39 Å². The molecule has 3 N–H and O–H groups in total. The lowest BCUT2D eigenvalue weighted by molar-refractivity contribution is 0.481. The van der Waals surface area contributed by atoms with Gasteiger partial charge in [0.15, 0.2) is 0 Å². The van der Waals surface area contributed by atoms with E-state index in [-0.39, 0.29) is 11.5 Å². The van der Waals surface area contributed by atoms with Crippen molar-refractivity contribution in [2.24, 2.45) is 5.14 Å². The van der Waals surface area contributed by atoms with E-state index < -0.39 is 10.3 Å². The molecule has 0 atom stereocenters. The maximum Gasteiger partial charge on any atom is 0.380 e. The minimum Gasteiger partial charge on any atom is -0.507 e. The van der Waals surface area contributed by atoms with Crippen molar-refractivity contribution in [1.82, 2.24) is 0 Å². The molecule has 0 heterocycles. The van der Waals surface area contributed by atoms with Crippen molar-refractivity contribution in [3.8, 4) is 11.5 Å². The van der Waals surface area contributed by atoms with Crippen molar-refractivity contribution in [3.05, 3.63) is 47.5 Å². The summed E-state index contributed by atoms with van der Waals surface area (Å²) in [5, 5.41) is 19.0. The van der Waals surface area contributed by atoms with Crippen LogP contribution in [-0.2, 0) is 23.1 Å². The van der Waals surface area contributed by atoms with Gasteiger partial charge in [0.2, 0.25) is 0 Å². The number of aryl methyl sites for hydroxylation is 2. The molecule has 0 amide bonds. The molecule has 0 fully saturated rings. The molecule has 4 rings (SSSR count). The first-order valence-corrected chi connectivity index (χ1v) is 9.32. The van der Waals surface area contributed by atoms with Gasteiger partial charge in [-0.15, -0.1) is 0 Å². The molecular weight excluding hydrogens is 326 g/mol. The van der Waals surface area contributed by atoms with Gasteiger partial charge in [-0.3, -0.25) is 0 Å². The Morgan fingerprint density at radius 2 is 1.75 bits per heavy atom. The molecule has 1 aliphatic rings. The summed E-state index contributed by atoms with van der Waals surface area (Å²) in [7, 11) is -4.07. The van der Waals surface area contributed by atoms with Crippen LogP contribution in [0, 0.1) is 0 Å². The Labute approximate surface area is 139 Å². The molecule has 3 aromatic carbocycles. The fourth-order valence-corrected chi connectivity index (χ4v) is 4.03. The molecule has 24 heavy (non-hydrogen) atoms. The highest BCUT2D eigenvalue weighted by Gasteiger charge is 2.17. The monoisotopic (exact) mass is 343 g/mol. The summed E-state index contributed by atoms with van der Waals surface area (Å²) >= 11 is 0. The highest BCUT2D eigenvalue weighted by Crippen LogP contribution is 2.39.